The molecular formula is C21H21N5O4S2. The summed E-state index contributed by atoms with van der Waals surface area (Å²) in [6.07, 6.45) is 2.67. The Balaban J connectivity index is 1.74. The van der Waals surface area contributed by atoms with Crippen LogP contribution in [0.3, 0.4) is 0 Å². The topological polar surface area (TPSA) is 115 Å². The van der Waals surface area contributed by atoms with E-state index >= 15 is 0 Å². The molecule has 3 aromatic heterocycles. The molecular weight excluding hydrogens is 450 g/mol. The van der Waals surface area contributed by atoms with Crippen molar-refractivity contribution >= 4 is 49.7 Å². The van der Waals surface area contributed by atoms with Crippen LogP contribution in [0.1, 0.15) is 17.3 Å². The number of hydrogen-bond acceptors (Lipinski definition) is 7. The lowest BCUT2D eigenvalue weighted by Crippen LogP contribution is -2.14. The molecule has 0 aliphatic carbocycles. The van der Waals surface area contributed by atoms with Gasteiger partial charge in [0.1, 0.15) is 5.75 Å². The lowest BCUT2D eigenvalue weighted by Gasteiger charge is -2.13. The highest BCUT2D eigenvalue weighted by Crippen LogP contribution is 2.31. The Morgan fingerprint density at radius 2 is 2.06 bits per heavy atom. The van der Waals surface area contributed by atoms with Gasteiger partial charge in [0.2, 0.25) is 10.0 Å². The van der Waals surface area contributed by atoms with E-state index in [1.807, 2.05) is 24.4 Å². The zero-order valence-electron chi connectivity index (χ0n) is 17.6. The van der Waals surface area contributed by atoms with Gasteiger partial charge < -0.3 is 10.1 Å². The standard InChI is InChI=1S/C21H21N5O4S2/c1-4-26-20-15(12-22-26)14(11-17(24-20)19-6-5-9-31-19)21(27)23-13-7-8-18(30-2)16(10-13)25-32(3,28)29/h5-12,25H,4H2,1-3H3,(H,23,27). The summed E-state index contributed by atoms with van der Waals surface area (Å²) in [5.41, 5.74) is 2.37. The molecule has 0 fully saturated rings. The first-order valence-electron chi connectivity index (χ1n) is 9.66. The van der Waals surface area contributed by atoms with Crippen molar-refractivity contribution in [2.24, 2.45) is 0 Å². The van der Waals surface area contributed by atoms with Crippen molar-refractivity contribution in [3.05, 3.63) is 53.5 Å². The van der Waals surface area contributed by atoms with E-state index < -0.39 is 10.0 Å². The SMILES string of the molecule is CCn1ncc2c(C(=O)Nc3ccc(OC)c(NS(C)(=O)=O)c3)cc(-c3cccs3)nc21. The second-order valence-electron chi connectivity index (χ2n) is 6.97. The Morgan fingerprint density at radius 3 is 2.72 bits per heavy atom. The lowest BCUT2D eigenvalue weighted by molar-refractivity contribution is 0.102. The van der Waals surface area contributed by atoms with Crippen LogP contribution in [-0.4, -0.2) is 42.5 Å². The smallest absolute Gasteiger partial charge is 0.256 e. The number of aromatic nitrogens is 3. The molecule has 2 N–H and O–H groups in total. The molecule has 9 nitrogen and oxygen atoms in total. The van der Waals surface area contributed by atoms with E-state index in [0.29, 0.717) is 40.3 Å². The molecule has 3 heterocycles. The van der Waals surface area contributed by atoms with E-state index in [1.165, 1.54) is 24.5 Å². The zero-order valence-corrected chi connectivity index (χ0v) is 19.3. The molecule has 32 heavy (non-hydrogen) atoms. The monoisotopic (exact) mass is 471 g/mol. The molecule has 0 spiro atoms. The number of nitrogens with one attached hydrogen (secondary N) is 2. The van der Waals surface area contributed by atoms with Crippen LogP contribution in [0.5, 0.6) is 5.75 Å². The molecule has 4 aromatic rings. The molecule has 0 unspecified atom stereocenters. The highest BCUT2D eigenvalue weighted by Gasteiger charge is 2.18. The zero-order chi connectivity index (χ0) is 22.9. The third-order valence-electron chi connectivity index (χ3n) is 4.68. The molecule has 11 heteroatoms. The average Bonchev–Trinajstić information content (AvgIpc) is 3.42. The van der Waals surface area contributed by atoms with Crippen molar-refractivity contribution in [2.75, 3.05) is 23.4 Å². The number of carbonyl (C=O) groups is 1. The maximum absolute atomic E-state index is 13.3. The van der Waals surface area contributed by atoms with Gasteiger partial charge in [-0.1, -0.05) is 6.07 Å². The highest BCUT2D eigenvalue weighted by atomic mass is 32.2. The van der Waals surface area contributed by atoms with Gasteiger partial charge in [-0.15, -0.1) is 11.3 Å². The number of fused-ring (bicyclic) bond motifs is 1. The van der Waals surface area contributed by atoms with Gasteiger partial charge in [0.25, 0.3) is 5.91 Å². The number of hydrogen-bond donors (Lipinski definition) is 2. The fourth-order valence-electron chi connectivity index (χ4n) is 3.28. The molecule has 0 radical (unpaired) electrons. The summed E-state index contributed by atoms with van der Waals surface area (Å²) >= 11 is 1.53. The summed E-state index contributed by atoms with van der Waals surface area (Å²) in [5, 5.41) is 9.77. The third-order valence-corrected chi connectivity index (χ3v) is 6.16. The minimum absolute atomic E-state index is 0.228. The van der Waals surface area contributed by atoms with Gasteiger partial charge in [-0.3, -0.25) is 9.52 Å². The van der Waals surface area contributed by atoms with Gasteiger partial charge in [-0.25, -0.2) is 18.1 Å². The van der Waals surface area contributed by atoms with E-state index in [-0.39, 0.29) is 11.6 Å². The fraction of sp³-hybridized carbons (Fsp3) is 0.190. The van der Waals surface area contributed by atoms with Crippen molar-refractivity contribution < 1.29 is 17.9 Å². The van der Waals surface area contributed by atoms with Crippen LogP contribution in [0.4, 0.5) is 11.4 Å². The van der Waals surface area contributed by atoms with Crippen LogP contribution in [0.2, 0.25) is 0 Å². The summed E-state index contributed by atoms with van der Waals surface area (Å²) in [6, 6.07) is 10.3. The summed E-state index contributed by atoms with van der Waals surface area (Å²) in [6.45, 7) is 2.57. The Hall–Kier alpha value is -3.44. The number of ether oxygens (including phenoxy) is 1. The van der Waals surface area contributed by atoms with Crippen molar-refractivity contribution in [1.82, 2.24) is 14.8 Å². The maximum atomic E-state index is 13.3. The Labute approximate surface area is 189 Å². The minimum atomic E-state index is -3.53. The first-order valence-corrected chi connectivity index (χ1v) is 12.4. The summed E-state index contributed by atoms with van der Waals surface area (Å²) in [4.78, 5) is 18.9. The van der Waals surface area contributed by atoms with Crippen LogP contribution in [0.15, 0.2) is 48.0 Å². The number of amides is 1. The van der Waals surface area contributed by atoms with E-state index in [4.69, 9.17) is 9.72 Å². The molecule has 0 aliphatic heterocycles. The number of thiophene rings is 1. The molecule has 1 amide bonds. The molecule has 1 aromatic carbocycles. The first kappa shape index (κ1) is 21.8. The van der Waals surface area contributed by atoms with Crippen LogP contribution in [0.25, 0.3) is 21.6 Å². The molecule has 0 aliphatic rings. The van der Waals surface area contributed by atoms with Crippen LogP contribution >= 0.6 is 11.3 Å². The lowest BCUT2D eigenvalue weighted by atomic mass is 10.1. The molecule has 0 saturated heterocycles. The van der Waals surface area contributed by atoms with Crippen molar-refractivity contribution in [1.29, 1.82) is 0 Å². The van der Waals surface area contributed by atoms with Gasteiger partial charge >= 0.3 is 0 Å². The van der Waals surface area contributed by atoms with Gasteiger partial charge in [0, 0.05) is 12.2 Å². The summed E-state index contributed by atoms with van der Waals surface area (Å²) in [7, 11) is -2.09. The first-order chi connectivity index (χ1) is 15.3. The number of rotatable bonds is 7. The van der Waals surface area contributed by atoms with Crippen LogP contribution in [-0.2, 0) is 16.6 Å². The molecule has 0 saturated carbocycles. The molecule has 0 bridgehead atoms. The largest absolute Gasteiger partial charge is 0.495 e. The Kier molecular flexibility index (Phi) is 5.85. The average molecular weight is 472 g/mol. The van der Waals surface area contributed by atoms with Gasteiger partial charge in [0.15, 0.2) is 5.65 Å². The molecule has 166 valence electrons. The Morgan fingerprint density at radius 1 is 1.25 bits per heavy atom. The number of sulfonamides is 1. The predicted molar refractivity (Wildman–Crippen MR) is 126 cm³/mol. The van der Waals surface area contributed by atoms with Crippen molar-refractivity contribution in [3.8, 4) is 16.3 Å². The number of carbonyl (C=O) groups excluding carboxylic acids is 1. The van der Waals surface area contributed by atoms with Gasteiger partial charge in [0.05, 0.1) is 46.8 Å². The number of benzene rings is 1. The second-order valence-corrected chi connectivity index (χ2v) is 9.67. The summed E-state index contributed by atoms with van der Waals surface area (Å²) < 4.78 is 32.7. The minimum Gasteiger partial charge on any atom is -0.495 e. The fourth-order valence-corrected chi connectivity index (χ4v) is 4.53. The number of pyridine rings is 1. The van der Waals surface area contributed by atoms with Gasteiger partial charge in [-0.05, 0) is 42.6 Å². The normalized spacial score (nSPS) is 11.5. The highest BCUT2D eigenvalue weighted by molar-refractivity contribution is 7.92. The van der Waals surface area contributed by atoms with Crippen LogP contribution in [0, 0.1) is 0 Å². The maximum Gasteiger partial charge on any atom is 0.256 e. The number of methoxy groups -OCH3 is 1. The van der Waals surface area contributed by atoms with Gasteiger partial charge in [-0.2, -0.15) is 5.10 Å². The molecule has 0 atom stereocenters. The number of aryl methyl sites for hydroxylation is 1. The van der Waals surface area contributed by atoms with Crippen molar-refractivity contribution in [3.63, 3.8) is 0 Å². The third kappa shape index (κ3) is 4.43. The van der Waals surface area contributed by atoms with Crippen molar-refractivity contribution in [2.45, 2.75) is 13.5 Å². The molecule has 4 rings (SSSR count). The van der Waals surface area contributed by atoms with E-state index in [9.17, 15) is 13.2 Å². The van der Waals surface area contributed by atoms with E-state index in [0.717, 1.165) is 11.1 Å². The number of anilines is 2. The predicted octanol–water partition coefficient (Wildman–Crippen LogP) is 3.81. The summed E-state index contributed by atoms with van der Waals surface area (Å²) in [5.74, 6) is -0.0229. The van der Waals surface area contributed by atoms with E-state index in [2.05, 4.69) is 15.1 Å². The quantitative estimate of drug-likeness (QED) is 0.423. The second kappa shape index (κ2) is 8.60. The Bertz CT molecular complexity index is 1400. The number of nitrogens with zero attached hydrogens (tertiary/aromatic N) is 3. The van der Waals surface area contributed by atoms with E-state index in [1.54, 1.807) is 29.1 Å². The van der Waals surface area contributed by atoms with Crippen LogP contribution < -0.4 is 14.8 Å².